The van der Waals surface area contributed by atoms with Crippen molar-refractivity contribution in [2.24, 2.45) is 0 Å². The number of anilines is 1. The Balaban J connectivity index is 1.27. The molecule has 27 heavy (non-hydrogen) atoms. The minimum atomic E-state index is 0.819. The van der Waals surface area contributed by atoms with Crippen LogP contribution in [0.1, 0.15) is 47.1 Å². The Labute approximate surface area is 173 Å². The largest absolute Gasteiger partial charge is 0.369 e. The van der Waals surface area contributed by atoms with Crippen LogP contribution in [0.2, 0.25) is 5.02 Å². The molecule has 0 radical (unpaired) electrons. The van der Waals surface area contributed by atoms with Gasteiger partial charge in [-0.1, -0.05) is 18.5 Å². The van der Waals surface area contributed by atoms with E-state index in [-0.39, 0.29) is 0 Å². The summed E-state index contributed by atoms with van der Waals surface area (Å²) >= 11 is 8.13. The second kappa shape index (κ2) is 8.98. The number of hydrogen-bond donors (Lipinski definition) is 0. The van der Waals surface area contributed by atoms with E-state index in [0.29, 0.717) is 0 Å². The van der Waals surface area contributed by atoms with Gasteiger partial charge in [-0.2, -0.15) is 0 Å². The van der Waals surface area contributed by atoms with Crippen LogP contribution >= 0.6 is 22.9 Å². The van der Waals surface area contributed by atoms with Gasteiger partial charge in [-0.05, 0) is 86.9 Å². The highest BCUT2D eigenvalue weighted by Gasteiger charge is 2.21. The van der Waals surface area contributed by atoms with Crippen LogP contribution in [-0.4, -0.2) is 37.6 Å². The smallest absolute Gasteiger partial charge is 0.0407 e. The number of fused-ring (bicyclic) bond motifs is 1. The lowest BCUT2D eigenvalue weighted by atomic mass is 9.92. The first kappa shape index (κ1) is 19.3. The summed E-state index contributed by atoms with van der Waals surface area (Å²) in [6.45, 7) is 8.15. The molecule has 2 heterocycles. The van der Waals surface area contributed by atoms with Gasteiger partial charge in [0.25, 0.3) is 0 Å². The number of hydrogen-bond acceptors (Lipinski definition) is 3. The highest BCUT2D eigenvalue weighted by atomic mass is 35.5. The molecular formula is C23H31ClN2S. The van der Waals surface area contributed by atoms with Crippen LogP contribution in [0, 0.1) is 0 Å². The quantitative estimate of drug-likeness (QED) is 0.620. The van der Waals surface area contributed by atoms with Crippen molar-refractivity contribution in [1.82, 2.24) is 4.90 Å². The third-order valence-electron chi connectivity index (χ3n) is 6.15. The van der Waals surface area contributed by atoms with Crippen molar-refractivity contribution in [2.45, 2.75) is 51.9 Å². The van der Waals surface area contributed by atoms with E-state index in [2.05, 4.69) is 40.2 Å². The van der Waals surface area contributed by atoms with Crippen molar-refractivity contribution in [1.29, 1.82) is 0 Å². The summed E-state index contributed by atoms with van der Waals surface area (Å²) in [5, 5.41) is 0.819. The maximum atomic E-state index is 6.01. The summed E-state index contributed by atoms with van der Waals surface area (Å²) in [6.07, 6.45) is 9.26. The molecule has 1 fully saturated rings. The molecule has 0 unspecified atom stereocenters. The molecule has 2 nitrogen and oxygen atoms in total. The summed E-state index contributed by atoms with van der Waals surface area (Å²) in [6, 6.07) is 8.28. The van der Waals surface area contributed by atoms with E-state index in [9.17, 15) is 0 Å². The maximum Gasteiger partial charge on any atom is 0.0407 e. The van der Waals surface area contributed by atoms with Gasteiger partial charge in [-0.15, -0.1) is 11.3 Å². The third kappa shape index (κ3) is 4.52. The summed E-state index contributed by atoms with van der Waals surface area (Å²) in [5.74, 6) is 0. The molecule has 2 aromatic rings. The Hall–Kier alpha value is -1.03. The zero-order valence-corrected chi connectivity index (χ0v) is 18.0. The number of halogens is 1. The molecule has 1 aromatic heterocycles. The fourth-order valence-corrected chi connectivity index (χ4v) is 6.14. The van der Waals surface area contributed by atoms with Crippen LogP contribution in [0.15, 0.2) is 24.3 Å². The molecule has 0 atom stereocenters. The standard InChI is InChI=1S/C23H31ClN2S/c1-2-22-20(21-6-3-4-8-23(21)27-22)7-5-13-25-14-16-26(17-15-25)19-11-9-18(24)10-12-19/h9-12H,2-8,13-17H2,1H3. The van der Waals surface area contributed by atoms with Crippen LogP contribution in [0.25, 0.3) is 0 Å². The van der Waals surface area contributed by atoms with Gasteiger partial charge in [0.15, 0.2) is 0 Å². The average Bonchev–Trinajstić information content (AvgIpc) is 3.07. The SMILES string of the molecule is CCc1sc2c(c1CCCN1CCN(c3ccc(Cl)cc3)CC1)CCCC2. The van der Waals surface area contributed by atoms with E-state index in [0.717, 1.165) is 18.1 Å². The molecular weight excluding hydrogens is 372 g/mol. The van der Waals surface area contributed by atoms with Gasteiger partial charge in [-0.25, -0.2) is 0 Å². The lowest BCUT2D eigenvalue weighted by Gasteiger charge is -2.36. The summed E-state index contributed by atoms with van der Waals surface area (Å²) < 4.78 is 0. The Kier molecular flexibility index (Phi) is 6.42. The predicted molar refractivity (Wildman–Crippen MR) is 119 cm³/mol. The van der Waals surface area contributed by atoms with Crippen LogP contribution in [0.5, 0.6) is 0 Å². The van der Waals surface area contributed by atoms with Crippen molar-refractivity contribution < 1.29 is 0 Å². The van der Waals surface area contributed by atoms with Gasteiger partial charge in [-0.3, -0.25) is 4.90 Å². The molecule has 1 saturated heterocycles. The van der Waals surface area contributed by atoms with Crippen molar-refractivity contribution in [2.75, 3.05) is 37.6 Å². The topological polar surface area (TPSA) is 6.48 Å². The molecule has 0 saturated carbocycles. The predicted octanol–water partition coefficient (Wildman–Crippen LogP) is 5.60. The molecule has 0 bridgehead atoms. The first-order chi connectivity index (χ1) is 13.2. The molecule has 4 heteroatoms. The van der Waals surface area contributed by atoms with Gasteiger partial charge in [0, 0.05) is 46.6 Å². The van der Waals surface area contributed by atoms with E-state index < -0.39 is 0 Å². The van der Waals surface area contributed by atoms with Crippen LogP contribution < -0.4 is 4.90 Å². The van der Waals surface area contributed by atoms with Crippen LogP contribution in [-0.2, 0) is 25.7 Å². The summed E-state index contributed by atoms with van der Waals surface area (Å²) in [5.41, 5.74) is 4.78. The van der Waals surface area contributed by atoms with Gasteiger partial charge < -0.3 is 4.90 Å². The zero-order valence-electron chi connectivity index (χ0n) is 16.5. The van der Waals surface area contributed by atoms with E-state index in [1.807, 2.05) is 12.1 Å². The van der Waals surface area contributed by atoms with E-state index in [4.69, 9.17) is 11.6 Å². The van der Waals surface area contributed by atoms with Crippen molar-refractivity contribution in [3.8, 4) is 0 Å². The molecule has 1 aromatic carbocycles. The minimum absolute atomic E-state index is 0.819. The molecule has 2 aliphatic rings. The highest BCUT2D eigenvalue weighted by molar-refractivity contribution is 7.12. The number of nitrogens with zero attached hydrogens (tertiary/aromatic N) is 2. The molecule has 1 aliphatic carbocycles. The number of rotatable bonds is 6. The number of benzene rings is 1. The normalized spacial score (nSPS) is 17.9. The zero-order chi connectivity index (χ0) is 18.6. The van der Waals surface area contributed by atoms with Crippen molar-refractivity contribution in [3.05, 3.63) is 50.2 Å². The number of piperazine rings is 1. The second-order valence-corrected chi connectivity index (χ2v) is 9.50. The van der Waals surface area contributed by atoms with E-state index in [1.54, 1.807) is 20.9 Å². The number of thiophene rings is 1. The van der Waals surface area contributed by atoms with Crippen LogP contribution in [0.3, 0.4) is 0 Å². The minimum Gasteiger partial charge on any atom is -0.369 e. The number of aryl methyl sites for hydroxylation is 2. The van der Waals surface area contributed by atoms with E-state index >= 15 is 0 Å². The fourth-order valence-electron chi connectivity index (χ4n) is 4.62. The molecule has 0 spiro atoms. The van der Waals surface area contributed by atoms with E-state index in [1.165, 1.54) is 70.3 Å². The molecule has 1 aliphatic heterocycles. The Bertz CT molecular complexity index is 744. The molecule has 146 valence electrons. The van der Waals surface area contributed by atoms with Crippen molar-refractivity contribution in [3.63, 3.8) is 0 Å². The Morgan fingerprint density at radius 1 is 1.00 bits per heavy atom. The van der Waals surface area contributed by atoms with Crippen molar-refractivity contribution >= 4 is 28.6 Å². The first-order valence-electron chi connectivity index (χ1n) is 10.6. The van der Waals surface area contributed by atoms with Gasteiger partial charge in [0.05, 0.1) is 0 Å². The lowest BCUT2D eigenvalue weighted by Crippen LogP contribution is -2.46. The van der Waals surface area contributed by atoms with Crippen LogP contribution in [0.4, 0.5) is 5.69 Å². The maximum absolute atomic E-state index is 6.01. The van der Waals surface area contributed by atoms with Gasteiger partial charge in [0.2, 0.25) is 0 Å². The third-order valence-corrected chi connectivity index (χ3v) is 7.88. The second-order valence-electron chi connectivity index (χ2n) is 7.87. The first-order valence-corrected chi connectivity index (χ1v) is 11.8. The van der Waals surface area contributed by atoms with Gasteiger partial charge in [0.1, 0.15) is 0 Å². The van der Waals surface area contributed by atoms with Gasteiger partial charge >= 0.3 is 0 Å². The Morgan fingerprint density at radius 3 is 2.48 bits per heavy atom. The fraction of sp³-hybridized carbons (Fsp3) is 0.565. The summed E-state index contributed by atoms with van der Waals surface area (Å²) in [4.78, 5) is 8.52. The Morgan fingerprint density at radius 2 is 1.74 bits per heavy atom. The molecule has 4 rings (SSSR count). The highest BCUT2D eigenvalue weighted by Crippen LogP contribution is 2.35. The molecule has 0 N–H and O–H groups in total. The summed E-state index contributed by atoms with van der Waals surface area (Å²) in [7, 11) is 0. The lowest BCUT2D eigenvalue weighted by molar-refractivity contribution is 0.255. The molecule has 0 amide bonds. The average molecular weight is 403 g/mol. The monoisotopic (exact) mass is 402 g/mol.